The van der Waals surface area contributed by atoms with Crippen LogP contribution in [0.2, 0.25) is 0 Å². The molecule has 0 spiro atoms. The molecule has 8 nitrogen and oxygen atoms in total. The van der Waals surface area contributed by atoms with Gasteiger partial charge in [-0.2, -0.15) is 5.10 Å². The third-order valence-electron chi connectivity index (χ3n) is 5.83. The molecule has 1 atom stereocenters. The van der Waals surface area contributed by atoms with Crippen molar-refractivity contribution in [2.75, 3.05) is 13.7 Å². The second kappa shape index (κ2) is 10.3. The zero-order valence-corrected chi connectivity index (χ0v) is 21.3. The Morgan fingerprint density at radius 2 is 1.64 bits per heavy atom. The summed E-state index contributed by atoms with van der Waals surface area (Å²) in [6, 6.07) is 22.5. The quantitative estimate of drug-likeness (QED) is 0.301. The highest BCUT2D eigenvalue weighted by atomic mass is 79.9. The fraction of sp³-hybridized carbons (Fsp3) is 0.185. The number of rotatable bonds is 7. The second-order valence-corrected chi connectivity index (χ2v) is 9.14. The first-order chi connectivity index (χ1) is 17.5. The molecule has 9 heteroatoms. The van der Waals surface area contributed by atoms with Crippen LogP contribution in [0.15, 0.2) is 86.8 Å². The molecule has 0 saturated heterocycles. The minimum atomic E-state index is -0.242. The van der Waals surface area contributed by atoms with Crippen LogP contribution >= 0.6 is 15.9 Å². The normalized spacial score (nSPS) is 15.0. The summed E-state index contributed by atoms with van der Waals surface area (Å²) in [6.45, 7) is 1.59. The number of carbonyl (C=O) groups excluding carboxylic acids is 1. The van der Waals surface area contributed by atoms with E-state index in [2.05, 4.69) is 26.1 Å². The molecule has 182 valence electrons. The van der Waals surface area contributed by atoms with E-state index in [4.69, 9.17) is 19.0 Å². The number of hydrazone groups is 1. The second-order valence-electron chi connectivity index (χ2n) is 8.22. The molecule has 0 saturated carbocycles. The van der Waals surface area contributed by atoms with E-state index in [1.165, 1.54) is 5.01 Å². The van der Waals surface area contributed by atoms with Crippen molar-refractivity contribution in [3.63, 3.8) is 0 Å². The molecule has 0 bridgehead atoms. The van der Waals surface area contributed by atoms with E-state index in [0.717, 1.165) is 32.6 Å². The van der Waals surface area contributed by atoms with E-state index in [-0.39, 0.29) is 18.6 Å². The van der Waals surface area contributed by atoms with Crippen molar-refractivity contribution in [1.82, 2.24) is 15.2 Å². The molecule has 1 amide bonds. The average molecular weight is 547 g/mol. The molecule has 1 aliphatic heterocycles. The van der Waals surface area contributed by atoms with E-state index < -0.39 is 0 Å². The van der Waals surface area contributed by atoms with Crippen molar-refractivity contribution < 1.29 is 18.7 Å². The molecule has 2 heterocycles. The maximum atomic E-state index is 13.3. The van der Waals surface area contributed by atoms with Gasteiger partial charge in [-0.1, -0.05) is 40.2 Å². The zero-order valence-electron chi connectivity index (χ0n) is 19.7. The molecule has 1 aliphatic rings. The van der Waals surface area contributed by atoms with Crippen molar-refractivity contribution in [2.24, 2.45) is 5.10 Å². The topological polar surface area (TPSA) is 90.0 Å². The van der Waals surface area contributed by atoms with Crippen LogP contribution in [0.25, 0.3) is 11.5 Å². The third kappa shape index (κ3) is 5.16. The number of amides is 1. The molecule has 1 aromatic heterocycles. The predicted octanol–water partition coefficient (Wildman–Crippen LogP) is 5.57. The number of aromatic nitrogens is 2. The summed E-state index contributed by atoms with van der Waals surface area (Å²) >= 11 is 3.47. The SMILES string of the molecule is COc1ccc(C2CC(c3ccc(Br)cc3)=NN2C(=O)COc2ccc(-c3nnc(C)o3)cc2)cc1. The smallest absolute Gasteiger partial charge is 0.281 e. The van der Waals surface area contributed by atoms with Crippen LogP contribution in [0.1, 0.15) is 29.5 Å². The highest BCUT2D eigenvalue weighted by molar-refractivity contribution is 9.10. The molecule has 5 rings (SSSR count). The summed E-state index contributed by atoms with van der Waals surface area (Å²) in [5.41, 5.74) is 3.56. The first-order valence-corrected chi connectivity index (χ1v) is 12.1. The van der Waals surface area contributed by atoms with E-state index in [1.54, 1.807) is 26.2 Å². The van der Waals surface area contributed by atoms with Crippen molar-refractivity contribution >= 4 is 27.5 Å². The summed E-state index contributed by atoms with van der Waals surface area (Å²) in [5, 5.41) is 14.1. The summed E-state index contributed by atoms with van der Waals surface area (Å²) in [5.74, 6) is 2.01. The lowest BCUT2D eigenvalue weighted by molar-refractivity contribution is -0.135. The summed E-state index contributed by atoms with van der Waals surface area (Å²) in [6.07, 6.45) is 0.595. The highest BCUT2D eigenvalue weighted by Crippen LogP contribution is 2.34. The van der Waals surface area contributed by atoms with Gasteiger partial charge in [0.05, 0.1) is 18.9 Å². The van der Waals surface area contributed by atoms with Gasteiger partial charge in [-0.25, -0.2) is 5.01 Å². The molecule has 0 fully saturated rings. The molecular formula is C27H23BrN4O4. The van der Waals surface area contributed by atoms with Gasteiger partial charge in [0.25, 0.3) is 5.91 Å². The Morgan fingerprint density at radius 3 is 2.28 bits per heavy atom. The predicted molar refractivity (Wildman–Crippen MR) is 138 cm³/mol. The van der Waals surface area contributed by atoms with Crippen LogP contribution < -0.4 is 9.47 Å². The Hall–Kier alpha value is -3.98. The Kier molecular flexibility index (Phi) is 6.81. The number of hydrogen-bond donors (Lipinski definition) is 0. The van der Waals surface area contributed by atoms with Gasteiger partial charge in [0.15, 0.2) is 6.61 Å². The van der Waals surface area contributed by atoms with Crippen LogP contribution in [0.3, 0.4) is 0 Å². The maximum absolute atomic E-state index is 13.3. The van der Waals surface area contributed by atoms with Gasteiger partial charge in [0, 0.05) is 23.4 Å². The van der Waals surface area contributed by atoms with Crippen LogP contribution in [-0.4, -0.2) is 40.5 Å². The number of methoxy groups -OCH3 is 1. The molecule has 36 heavy (non-hydrogen) atoms. The lowest BCUT2D eigenvalue weighted by atomic mass is 9.98. The Balaban J connectivity index is 1.33. The van der Waals surface area contributed by atoms with Gasteiger partial charge >= 0.3 is 0 Å². The van der Waals surface area contributed by atoms with Gasteiger partial charge < -0.3 is 13.9 Å². The number of hydrogen-bond acceptors (Lipinski definition) is 7. The number of halogens is 1. The summed E-state index contributed by atoms with van der Waals surface area (Å²) in [4.78, 5) is 13.3. The van der Waals surface area contributed by atoms with Gasteiger partial charge in [0.2, 0.25) is 11.8 Å². The van der Waals surface area contributed by atoms with Crippen LogP contribution in [0.5, 0.6) is 11.5 Å². The lowest BCUT2D eigenvalue weighted by Gasteiger charge is -2.22. The number of ether oxygens (including phenoxy) is 2. The van der Waals surface area contributed by atoms with E-state index in [0.29, 0.717) is 24.0 Å². The minimum absolute atomic E-state index is 0.150. The van der Waals surface area contributed by atoms with E-state index in [9.17, 15) is 4.79 Å². The van der Waals surface area contributed by atoms with Gasteiger partial charge in [0.1, 0.15) is 11.5 Å². The number of aryl methyl sites for hydroxylation is 1. The molecule has 0 radical (unpaired) electrons. The lowest BCUT2D eigenvalue weighted by Crippen LogP contribution is -2.31. The largest absolute Gasteiger partial charge is 0.497 e. The van der Waals surface area contributed by atoms with Crippen molar-refractivity contribution in [3.05, 3.63) is 94.3 Å². The van der Waals surface area contributed by atoms with E-state index in [1.807, 2.05) is 60.7 Å². The van der Waals surface area contributed by atoms with Gasteiger partial charge in [-0.15, -0.1) is 10.2 Å². The molecular weight excluding hydrogens is 524 g/mol. The van der Waals surface area contributed by atoms with Crippen molar-refractivity contribution in [1.29, 1.82) is 0 Å². The fourth-order valence-electron chi connectivity index (χ4n) is 3.96. The van der Waals surface area contributed by atoms with Crippen LogP contribution in [0, 0.1) is 6.92 Å². The summed E-state index contributed by atoms with van der Waals surface area (Å²) < 4.78 is 17.5. The Labute approximate surface area is 216 Å². The van der Waals surface area contributed by atoms with E-state index >= 15 is 0 Å². The number of carbonyl (C=O) groups is 1. The number of benzene rings is 3. The minimum Gasteiger partial charge on any atom is -0.497 e. The molecule has 1 unspecified atom stereocenters. The molecule has 4 aromatic rings. The number of nitrogens with zero attached hydrogens (tertiary/aromatic N) is 4. The molecule has 0 aliphatic carbocycles. The average Bonchev–Trinajstić information content (AvgIpc) is 3.55. The molecule has 0 N–H and O–H groups in total. The maximum Gasteiger partial charge on any atom is 0.281 e. The zero-order chi connectivity index (χ0) is 25.1. The standard InChI is InChI=1S/C27H23BrN4O4/c1-17-29-30-27(36-17)20-7-13-23(14-8-20)35-16-26(33)32-25(19-5-11-22(34-2)12-6-19)15-24(31-32)18-3-9-21(28)10-4-18/h3-14,25H,15-16H2,1-2H3. The highest BCUT2D eigenvalue weighted by Gasteiger charge is 2.33. The van der Waals surface area contributed by atoms with Crippen LogP contribution in [-0.2, 0) is 4.79 Å². The first-order valence-electron chi connectivity index (χ1n) is 11.3. The van der Waals surface area contributed by atoms with Gasteiger partial charge in [-0.05, 0) is 59.7 Å². The fourth-order valence-corrected chi connectivity index (χ4v) is 4.23. The van der Waals surface area contributed by atoms with Crippen molar-refractivity contribution in [3.8, 4) is 23.0 Å². The third-order valence-corrected chi connectivity index (χ3v) is 6.36. The molecule has 3 aromatic carbocycles. The van der Waals surface area contributed by atoms with Gasteiger partial charge in [-0.3, -0.25) is 4.79 Å². The monoisotopic (exact) mass is 546 g/mol. The van der Waals surface area contributed by atoms with Crippen molar-refractivity contribution in [2.45, 2.75) is 19.4 Å². The van der Waals surface area contributed by atoms with Crippen LogP contribution in [0.4, 0.5) is 0 Å². The first kappa shape index (κ1) is 23.7. The Morgan fingerprint density at radius 1 is 0.972 bits per heavy atom. The summed E-state index contributed by atoms with van der Waals surface area (Å²) in [7, 11) is 1.63. The Bertz CT molecular complexity index is 1380.